The highest BCUT2D eigenvalue weighted by molar-refractivity contribution is 5.83. The van der Waals surface area contributed by atoms with Crippen LogP contribution in [0.25, 0.3) is 10.9 Å². The number of hydrogen-bond donors (Lipinski definition) is 3. The minimum Gasteiger partial charge on any atom is -0.504 e. The Labute approximate surface area is 172 Å². The first-order valence-corrected chi connectivity index (χ1v) is 9.59. The van der Waals surface area contributed by atoms with Crippen molar-refractivity contribution in [3.05, 3.63) is 45.9 Å². The number of H-pyrrole nitrogens is 1. The second kappa shape index (κ2) is 7.91. The first-order valence-electron chi connectivity index (χ1n) is 9.59. The number of anilines is 1. The molecule has 30 heavy (non-hydrogen) atoms. The molecule has 154 valence electrons. The van der Waals surface area contributed by atoms with Gasteiger partial charge in [0.2, 0.25) is 11.8 Å². The van der Waals surface area contributed by atoms with Crippen LogP contribution in [0.3, 0.4) is 0 Å². The number of ether oxygens (including phenoxy) is 2. The Morgan fingerprint density at radius 2 is 2.20 bits per heavy atom. The van der Waals surface area contributed by atoms with Crippen LogP contribution >= 0.6 is 0 Å². The summed E-state index contributed by atoms with van der Waals surface area (Å²) >= 11 is 0. The molecule has 4 rings (SSSR count). The molecule has 1 aliphatic rings. The van der Waals surface area contributed by atoms with Crippen LogP contribution in [0.5, 0.6) is 17.4 Å². The van der Waals surface area contributed by atoms with Crippen LogP contribution in [-0.4, -0.2) is 33.8 Å². The summed E-state index contributed by atoms with van der Waals surface area (Å²) in [5.74, 6) is 1.32. The lowest BCUT2D eigenvalue weighted by Gasteiger charge is -2.15. The predicted molar refractivity (Wildman–Crippen MR) is 110 cm³/mol. The molecule has 1 atom stereocenters. The number of nitrogens with zero attached hydrogens (tertiary/aromatic N) is 3. The highest BCUT2D eigenvalue weighted by atomic mass is 16.5. The molecular weight excluding hydrogens is 386 g/mol. The summed E-state index contributed by atoms with van der Waals surface area (Å²) < 4.78 is 10.8. The maximum atomic E-state index is 12.7. The van der Waals surface area contributed by atoms with Gasteiger partial charge in [0, 0.05) is 17.0 Å². The van der Waals surface area contributed by atoms with E-state index in [-0.39, 0.29) is 28.7 Å². The molecule has 3 aromatic rings. The van der Waals surface area contributed by atoms with Crippen LogP contribution in [0.1, 0.15) is 36.9 Å². The van der Waals surface area contributed by atoms with E-state index >= 15 is 0 Å². The molecule has 3 N–H and O–H groups in total. The molecule has 0 saturated heterocycles. The van der Waals surface area contributed by atoms with Crippen molar-refractivity contribution in [2.45, 2.75) is 25.8 Å². The number of nitrogens with one attached hydrogen (secondary N) is 2. The third-order valence-electron chi connectivity index (χ3n) is 5.00. The largest absolute Gasteiger partial charge is 0.504 e. The molecule has 2 heterocycles. The minimum atomic E-state index is -0.441. The summed E-state index contributed by atoms with van der Waals surface area (Å²) in [5.41, 5.74) is 0.965. The Morgan fingerprint density at radius 1 is 1.40 bits per heavy atom. The van der Waals surface area contributed by atoms with Crippen LogP contribution < -0.4 is 20.3 Å². The van der Waals surface area contributed by atoms with Gasteiger partial charge in [-0.15, -0.1) is 0 Å². The number of hydrogen-bond acceptors (Lipinski definition) is 8. The van der Waals surface area contributed by atoms with Crippen molar-refractivity contribution >= 4 is 16.9 Å². The molecule has 9 nitrogen and oxygen atoms in total. The van der Waals surface area contributed by atoms with E-state index in [9.17, 15) is 9.90 Å². The monoisotopic (exact) mass is 407 g/mol. The number of benzene rings is 1. The van der Waals surface area contributed by atoms with E-state index in [1.165, 1.54) is 13.3 Å². The Bertz CT molecular complexity index is 1200. The van der Waals surface area contributed by atoms with Crippen LogP contribution in [0.15, 0.2) is 29.2 Å². The van der Waals surface area contributed by atoms with Gasteiger partial charge in [0.1, 0.15) is 11.6 Å². The van der Waals surface area contributed by atoms with Crippen molar-refractivity contribution in [1.29, 1.82) is 5.26 Å². The number of aromatic nitrogens is 3. The molecule has 1 fully saturated rings. The molecule has 9 heteroatoms. The van der Waals surface area contributed by atoms with Crippen LogP contribution in [-0.2, 0) is 0 Å². The zero-order chi connectivity index (χ0) is 21.3. The highest BCUT2D eigenvalue weighted by Crippen LogP contribution is 2.34. The van der Waals surface area contributed by atoms with Gasteiger partial charge in [-0.25, -0.2) is 4.98 Å². The molecule has 2 aromatic heterocycles. The summed E-state index contributed by atoms with van der Waals surface area (Å²) in [5, 5.41) is 23.0. The van der Waals surface area contributed by atoms with Crippen molar-refractivity contribution in [2.24, 2.45) is 5.92 Å². The van der Waals surface area contributed by atoms with Gasteiger partial charge in [-0.05, 0) is 37.8 Å². The third kappa shape index (κ3) is 3.98. The lowest BCUT2D eigenvalue weighted by Crippen LogP contribution is -2.20. The number of phenols is 1. The second-order valence-electron chi connectivity index (χ2n) is 7.31. The zero-order valence-corrected chi connectivity index (χ0v) is 16.6. The van der Waals surface area contributed by atoms with E-state index < -0.39 is 6.04 Å². The summed E-state index contributed by atoms with van der Waals surface area (Å²) in [6.07, 6.45) is 3.65. The van der Waals surface area contributed by atoms with E-state index in [0.29, 0.717) is 34.7 Å². The van der Waals surface area contributed by atoms with Gasteiger partial charge in [0.25, 0.3) is 5.56 Å². The lowest BCUT2D eigenvalue weighted by atomic mass is 10.1. The quantitative estimate of drug-likeness (QED) is 0.544. The molecular formula is C21H21N5O4. The summed E-state index contributed by atoms with van der Waals surface area (Å²) in [7, 11) is 1.42. The van der Waals surface area contributed by atoms with Crippen LogP contribution in [0.4, 0.5) is 5.95 Å². The smallest absolute Gasteiger partial charge is 0.253 e. The maximum Gasteiger partial charge on any atom is 0.253 e. The van der Waals surface area contributed by atoms with Crippen molar-refractivity contribution in [2.75, 3.05) is 19.0 Å². The molecule has 0 aliphatic heterocycles. The molecule has 0 radical (unpaired) electrons. The van der Waals surface area contributed by atoms with Crippen molar-refractivity contribution < 1.29 is 14.6 Å². The molecule has 0 bridgehead atoms. The number of pyridine rings is 1. The fourth-order valence-corrected chi connectivity index (χ4v) is 3.11. The number of fused-ring (bicyclic) bond motifs is 1. The van der Waals surface area contributed by atoms with Gasteiger partial charge >= 0.3 is 0 Å². The number of nitriles is 1. The normalized spacial score (nSPS) is 14.2. The number of methoxy groups -OCH3 is 1. The summed E-state index contributed by atoms with van der Waals surface area (Å²) in [6.45, 7) is 2.35. The van der Waals surface area contributed by atoms with Crippen molar-refractivity contribution in [1.82, 2.24) is 15.0 Å². The van der Waals surface area contributed by atoms with Gasteiger partial charge in [0.05, 0.1) is 31.5 Å². The van der Waals surface area contributed by atoms with Crippen LogP contribution in [0.2, 0.25) is 0 Å². The zero-order valence-electron chi connectivity index (χ0n) is 16.6. The van der Waals surface area contributed by atoms with Gasteiger partial charge in [-0.2, -0.15) is 10.2 Å². The lowest BCUT2D eigenvalue weighted by molar-refractivity contribution is 0.285. The van der Waals surface area contributed by atoms with Gasteiger partial charge in [-0.1, -0.05) is 0 Å². The molecule has 1 aliphatic carbocycles. The highest BCUT2D eigenvalue weighted by Gasteiger charge is 2.23. The van der Waals surface area contributed by atoms with Gasteiger partial charge in [0.15, 0.2) is 11.5 Å². The topological polar surface area (TPSA) is 133 Å². The number of aromatic hydroxyl groups is 1. The Kier molecular flexibility index (Phi) is 5.14. The molecule has 0 amide bonds. The molecule has 0 unspecified atom stereocenters. The summed E-state index contributed by atoms with van der Waals surface area (Å²) in [4.78, 5) is 23.7. The average molecular weight is 407 g/mol. The standard InChI is InChI=1S/C21H21N5O4/c1-11(24-21-23-9-14(8-22)20(26-21)29-2)15-5-13-6-17(27)18(30-10-12-3-4-12)7-16(13)25-19(15)28/h5-7,9,11-12,27H,3-4,10H2,1-2H3,(H,25,28)(H,23,24,26)/t11-/m0/s1. The fourth-order valence-electron chi connectivity index (χ4n) is 3.11. The third-order valence-corrected chi connectivity index (χ3v) is 5.00. The van der Waals surface area contributed by atoms with E-state index in [0.717, 1.165) is 12.8 Å². The van der Waals surface area contributed by atoms with Crippen LogP contribution in [0, 0.1) is 17.2 Å². The Morgan fingerprint density at radius 3 is 2.90 bits per heavy atom. The minimum absolute atomic E-state index is 0.0296. The van der Waals surface area contributed by atoms with E-state index in [1.807, 2.05) is 6.07 Å². The molecule has 0 spiro atoms. The maximum absolute atomic E-state index is 12.7. The fraction of sp³-hybridized carbons (Fsp3) is 0.333. The second-order valence-corrected chi connectivity index (χ2v) is 7.31. The SMILES string of the molecule is COc1nc(N[C@@H](C)c2cc3cc(O)c(OCC4CC4)cc3[nH]c2=O)ncc1C#N. The average Bonchev–Trinajstić information content (AvgIpc) is 3.56. The predicted octanol–water partition coefficient (Wildman–Crippen LogP) is 2.87. The Balaban J connectivity index is 1.60. The van der Waals surface area contributed by atoms with Crippen molar-refractivity contribution in [3.8, 4) is 23.4 Å². The first kappa shape index (κ1) is 19.5. The number of aromatic amines is 1. The van der Waals surface area contributed by atoms with Crippen molar-refractivity contribution in [3.63, 3.8) is 0 Å². The molecule has 1 saturated carbocycles. The molecule has 1 aromatic carbocycles. The van der Waals surface area contributed by atoms with E-state index in [1.54, 1.807) is 25.1 Å². The number of rotatable bonds is 7. The van der Waals surface area contributed by atoms with E-state index in [2.05, 4.69) is 20.3 Å². The summed E-state index contributed by atoms with van der Waals surface area (Å²) in [6, 6.07) is 6.43. The van der Waals surface area contributed by atoms with Gasteiger partial charge < -0.3 is 24.9 Å². The first-order chi connectivity index (χ1) is 14.5. The number of phenolic OH excluding ortho intramolecular Hbond substituents is 1. The Hall–Kier alpha value is -3.80. The van der Waals surface area contributed by atoms with E-state index in [4.69, 9.17) is 14.7 Å². The van der Waals surface area contributed by atoms with Gasteiger partial charge in [-0.3, -0.25) is 4.79 Å².